The summed E-state index contributed by atoms with van der Waals surface area (Å²) in [6, 6.07) is 4.99. The third-order valence-corrected chi connectivity index (χ3v) is 3.54. The van der Waals surface area contributed by atoms with Crippen LogP contribution >= 0.6 is 0 Å². The topological polar surface area (TPSA) is 84.7 Å². The summed E-state index contributed by atoms with van der Waals surface area (Å²) in [5.74, 6) is -0.201. The maximum atomic E-state index is 12.4. The number of rotatable bonds is 1. The normalized spacial score (nSPS) is 17.6. The molecular formula is C16H23N3O3. The Morgan fingerprint density at radius 3 is 2.59 bits per heavy atom. The number of fused-ring (bicyclic) bond motifs is 1. The molecule has 1 aliphatic heterocycles. The minimum Gasteiger partial charge on any atom is -0.444 e. The average Bonchev–Trinajstić information content (AvgIpc) is 2.43. The van der Waals surface area contributed by atoms with Gasteiger partial charge >= 0.3 is 6.09 Å². The lowest BCUT2D eigenvalue weighted by Crippen LogP contribution is -2.53. The molecule has 1 aliphatic rings. The number of nitrogens with two attached hydrogens (primary N) is 1. The van der Waals surface area contributed by atoms with Crippen LogP contribution in [0.4, 0.5) is 10.5 Å². The zero-order valence-corrected chi connectivity index (χ0v) is 13.5. The van der Waals surface area contributed by atoms with E-state index in [1.165, 1.54) is 4.90 Å². The van der Waals surface area contributed by atoms with E-state index in [0.717, 1.165) is 11.1 Å². The smallest absolute Gasteiger partial charge is 0.411 e. The van der Waals surface area contributed by atoms with Crippen molar-refractivity contribution in [2.45, 2.75) is 45.4 Å². The Hall–Kier alpha value is -2.24. The molecule has 1 aromatic carbocycles. The highest BCUT2D eigenvalue weighted by molar-refractivity contribution is 5.86. The maximum absolute atomic E-state index is 12.4. The van der Waals surface area contributed by atoms with E-state index in [1.54, 1.807) is 27.8 Å². The van der Waals surface area contributed by atoms with Gasteiger partial charge in [0.25, 0.3) is 0 Å². The molecule has 0 saturated heterocycles. The summed E-state index contributed by atoms with van der Waals surface area (Å²) in [5, 5.41) is 2.61. The summed E-state index contributed by atoms with van der Waals surface area (Å²) in [6.45, 7) is 5.72. The number of likely N-dealkylation sites (N-methyl/N-ethyl adjacent to an activating group) is 1. The van der Waals surface area contributed by atoms with E-state index in [9.17, 15) is 9.59 Å². The fourth-order valence-electron chi connectivity index (χ4n) is 2.52. The van der Waals surface area contributed by atoms with Gasteiger partial charge in [0, 0.05) is 19.2 Å². The molecule has 6 nitrogen and oxygen atoms in total. The number of carbonyl (C=O) groups is 2. The van der Waals surface area contributed by atoms with Gasteiger partial charge in [-0.2, -0.15) is 0 Å². The highest BCUT2D eigenvalue weighted by Crippen LogP contribution is 2.27. The van der Waals surface area contributed by atoms with Gasteiger partial charge in [-0.05, 0) is 44.0 Å². The first-order valence-electron chi connectivity index (χ1n) is 7.30. The van der Waals surface area contributed by atoms with Crippen molar-refractivity contribution in [1.82, 2.24) is 10.2 Å². The molecule has 0 spiro atoms. The van der Waals surface area contributed by atoms with Gasteiger partial charge in [0.1, 0.15) is 11.6 Å². The number of benzene rings is 1. The number of hydrogen-bond acceptors (Lipinski definition) is 4. The first-order valence-corrected chi connectivity index (χ1v) is 7.30. The zero-order chi connectivity index (χ0) is 16.5. The lowest BCUT2D eigenvalue weighted by atomic mass is 9.93. The van der Waals surface area contributed by atoms with E-state index in [1.807, 2.05) is 18.2 Å². The Morgan fingerprint density at radius 1 is 1.32 bits per heavy atom. The molecule has 6 heteroatoms. The first kappa shape index (κ1) is 16.1. The number of nitrogens with one attached hydrogen (secondary N) is 1. The van der Waals surface area contributed by atoms with Crippen molar-refractivity contribution >= 4 is 17.7 Å². The van der Waals surface area contributed by atoms with Crippen molar-refractivity contribution in [2.24, 2.45) is 0 Å². The average molecular weight is 305 g/mol. The number of ether oxygens (including phenoxy) is 1. The molecule has 0 fully saturated rings. The number of amides is 2. The van der Waals surface area contributed by atoms with Gasteiger partial charge in [-0.1, -0.05) is 6.07 Å². The molecule has 2 amide bonds. The van der Waals surface area contributed by atoms with Gasteiger partial charge in [-0.3, -0.25) is 9.69 Å². The van der Waals surface area contributed by atoms with E-state index >= 15 is 0 Å². The Balaban J connectivity index is 2.32. The maximum Gasteiger partial charge on any atom is 0.411 e. The Kier molecular flexibility index (Phi) is 4.30. The molecule has 1 atom stereocenters. The number of hydrogen-bond donors (Lipinski definition) is 2. The molecule has 120 valence electrons. The Labute approximate surface area is 130 Å². The van der Waals surface area contributed by atoms with Crippen LogP contribution in [0.2, 0.25) is 0 Å². The van der Waals surface area contributed by atoms with Gasteiger partial charge in [-0.25, -0.2) is 4.79 Å². The van der Waals surface area contributed by atoms with E-state index in [2.05, 4.69) is 5.32 Å². The largest absolute Gasteiger partial charge is 0.444 e. The minimum atomic E-state index is -0.611. The van der Waals surface area contributed by atoms with Crippen LogP contribution in [0, 0.1) is 0 Å². The summed E-state index contributed by atoms with van der Waals surface area (Å²) in [6.07, 6.45) is -0.0386. The second-order valence-electron chi connectivity index (χ2n) is 6.47. The van der Waals surface area contributed by atoms with Gasteiger partial charge in [0.15, 0.2) is 0 Å². The van der Waals surface area contributed by atoms with E-state index in [4.69, 9.17) is 10.5 Å². The molecule has 1 heterocycles. The molecule has 0 aromatic heterocycles. The highest BCUT2D eigenvalue weighted by Gasteiger charge is 2.36. The van der Waals surface area contributed by atoms with Crippen LogP contribution in [-0.2, 0) is 22.5 Å². The molecule has 3 N–H and O–H groups in total. The molecule has 22 heavy (non-hydrogen) atoms. The Bertz CT molecular complexity index is 593. The van der Waals surface area contributed by atoms with Gasteiger partial charge < -0.3 is 15.8 Å². The standard InChI is InChI=1S/C16H23N3O3/c1-16(2,3)22-15(21)19-9-11-7-12(17)6-5-10(11)8-13(19)14(20)18-4/h5-7,13H,8-9,17H2,1-4H3,(H,18,20). The molecule has 2 rings (SSSR count). The SMILES string of the molecule is CNC(=O)C1Cc2ccc(N)cc2CN1C(=O)OC(C)(C)C. The van der Waals surface area contributed by atoms with Crippen molar-refractivity contribution < 1.29 is 14.3 Å². The second kappa shape index (κ2) is 5.87. The second-order valence-corrected chi connectivity index (χ2v) is 6.47. The van der Waals surface area contributed by atoms with Crippen LogP contribution in [-0.4, -0.2) is 35.6 Å². The molecule has 1 unspecified atom stereocenters. The quantitative estimate of drug-likeness (QED) is 0.773. The molecule has 0 saturated carbocycles. The Morgan fingerprint density at radius 2 is 2.00 bits per heavy atom. The fourth-order valence-corrected chi connectivity index (χ4v) is 2.52. The third-order valence-electron chi connectivity index (χ3n) is 3.54. The lowest BCUT2D eigenvalue weighted by Gasteiger charge is -2.36. The zero-order valence-electron chi connectivity index (χ0n) is 13.5. The molecular weight excluding hydrogens is 282 g/mol. The minimum absolute atomic E-state index is 0.201. The van der Waals surface area contributed by atoms with Crippen molar-refractivity contribution in [2.75, 3.05) is 12.8 Å². The fraction of sp³-hybridized carbons (Fsp3) is 0.500. The number of nitrogens with zero attached hydrogens (tertiary/aromatic N) is 1. The molecule has 0 bridgehead atoms. The van der Waals surface area contributed by atoms with E-state index in [-0.39, 0.29) is 5.91 Å². The first-order chi connectivity index (χ1) is 10.2. The van der Waals surface area contributed by atoms with Gasteiger partial charge in [0.05, 0.1) is 6.54 Å². The summed E-state index contributed by atoms with van der Waals surface area (Å²) in [4.78, 5) is 26.0. The summed E-state index contributed by atoms with van der Waals surface area (Å²) >= 11 is 0. The van der Waals surface area contributed by atoms with Crippen LogP contribution in [0.5, 0.6) is 0 Å². The number of carbonyl (C=O) groups excluding carboxylic acids is 2. The summed E-state index contributed by atoms with van der Waals surface area (Å²) in [7, 11) is 1.56. The molecule has 1 aromatic rings. The van der Waals surface area contributed by atoms with Crippen LogP contribution in [0.25, 0.3) is 0 Å². The highest BCUT2D eigenvalue weighted by atomic mass is 16.6. The summed E-state index contributed by atoms with van der Waals surface area (Å²) < 4.78 is 5.42. The van der Waals surface area contributed by atoms with Gasteiger partial charge in [0.2, 0.25) is 5.91 Å². The number of anilines is 1. The predicted octanol–water partition coefficient (Wildman–Crippen LogP) is 1.68. The third kappa shape index (κ3) is 3.50. The molecule has 0 radical (unpaired) electrons. The van der Waals surface area contributed by atoms with E-state index < -0.39 is 17.7 Å². The lowest BCUT2D eigenvalue weighted by molar-refractivity contribution is -0.126. The monoisotopic (exact) mass is 305 g/mol. The van der Waals surface area contributed by atoms with E-state index in [0.29, 0.717) is 18.7 Å². The van der Waals surface area contributed by atoms with Crippen LogP contribution in [0.15, 0.2) is 18.2 Å². The molecule has 0 aliphatic carbocycles. The van der Waals surface area contributed by atoms with Gasteiger partial charge in [-0.15, -0.1) is 0 Å². The number of nitrogen functional groups attached to an aromatic ring is 1. The van der Waals surface area contributed by atoms with Crippen molar-refractivity contribution in [3.63, 3.8) is 0 Å². The van der Waals surface area contributed by atoms with Crippen molar-refractivity contribution in [3.8, 4) is 0 Å². The summed E-state index contributed by atoms with van der Waals surface area (Å²) in [5.41, 5.74) is 7.82. The van der Waals surface area contributed by atoms with Crippen molar-refractivity contribution in [1.29, 1.82) is 0 Å². The van der Waals surface area contributed by atoms with Crippen LogP contribution in [0.1, 0.15) is 31.9 Å². The van der Waals surface area contributed by atoms with Crippen LogP contribution < -0.4 is 11.1 Å². The predicted molar refractivity (Wildman–Crippen MR) is 84.2 cm³/mol. The van der Waals surface area contributed by atoms with Crippen molar-refractivity contribution in [3.05, 3.63) is 29.3 Å². The van der Waals surface area contributed by atoms with Crippen LogP contribution in [0.3, 0.4) is 0 Å².